The molecule has 0 heterocycles. The molecule has 0 aliphatic carbocycles. The van der Waals surface area contributed by atoms with Crippen LogP contribution in [0.1, 0.15) is 41.4 Å². The van der Waals surface area contributed by atoms with Crippen molar-refractivity contribution in [2.24, 2.45) is 0 Å². The largest absolute Gasteiger partial charge is 0.302 e. The van der Waals surface area contributed by atoms with Crippen molar-refractivity contribution in [3.63, 3.8) is 0 Å². The van der Waals surface area contributed by atoms with Crippen LogP contribution >= 0.6 is 63.7 Å². The number of rotatable bonds is 12. The van der Waals surface area contributed by atoms with Gasteiger partial charge in [0.05, 0.1) is 40.9 Å². The first kappa shape index (κ1) is 49.5. The molecule has 4 N–H and O–H groups in total. The Balaban J connectivity index is 0.000000360. The van der Waals surface area contributed by atoms with Crippen LogP contribution in [0.15, 0.2) is 117 Å². The molecule has 0 spiro atoms. The normalized spacial score (nSPS) is 11.9. The van der Waals surface area contributed by atoms with E-state index in [0.717, 1.165) is 0 Å². The van der Waals surface area contributed by atoms with Gasteiger partial charge in [0.2, 0.25) is 0 Å². The molecule has 4 rings (SSSR count). The average molecular weight is 1100 g/mol. The van der Waals surface area contributed by atoms with Crippen molar-refractivity contribution in [2.45, 2.75) is 19.6 Å². The SMILES string of the molecule is O=C(CBr)[13c]1[13cH][13cH][13c](S(=O)(=O)O)[13cH][13cH]1.O=C(CBr)[13c]1[13cH][13cH][13c](S(=O)O)[13cH][13cH]1.O=C(CBr)c1ccc(S(=O)(=O)O)cc1.O=C(CBr)c1ccc(S(=O)O)cc1. The van der Waals surface area contributed by atoms with Crippen LogP contribution in [0.25, 0.3) is 0 Å². The van der Waals surface area contributed by atoms with Gasteiger partial charge in [0.25, 0.3) is 20.2 Å². The van der Waals surface area contributed by atoms with Crippen molar-refractivity contribution < 1.29 is 62.6 Å². The highest BCUT2D eigenvalue weighted by atomic mass is 79.9. The van der Waals surface area contributed by atoms with E-state index < -0.39 is 42.4 Å². The van der Waals surface area contributed by atoms with Gasteiger partial charge in [-0.25, -0.2) is 8.42 Å². The fourth-order valence-corrected chi connectivity index (χ4v) is 6.44. The maximum absolute atomic E-state index is 11.1. The minimum Gasteiger partial charge on any atom is -0.302 e. The van der Waals surface area contributed by atoms with Crippen molar-refractivity contribution >= 4 is 129 Å². The van der Waals surface area contributed by atoms with E-state index in [-0.39, 0.29) is 54.2 Å². The molecule has 0 bridgehead atoms. The Morgan fingerprint density at radius 1 is 0.426 bits per heavy atom. The van der Waals surface area contributed by atoms with Crippen LogP contribution in [0.2, 0.25) is 0 Å². The third-order valence-corrected chi connectivity index (χ3v) is 11.3. The van der Waals surface area contributed by atoms with Crippen molar-refractivity contribution in [3.05, 3.63) is 119 Å². The quantitative estimate of drug-likeness (QED) is 0.0498. The molecule has 0 aliphatic heterocycles. The summed E-state index contributed by atoms with van der Waals surface area (Å²) in [4.78, 5) is 44.6. The van der Waals surface area contributed by atoms with E-state index in [2.05, 4.69) is 63.7 Å². The molecular weight excluding hydrogens is 1070 g/mol. The molecular formula is C32H28Br4O14S4. The van der Waals surface area contributed by atoms with Gasteiger partial charge in [-0.15, -0.1) is 0 Å². The number of hydrogen-bond acceptors (Lipinski definition) is 10. The highest BCUT2D eigenvalue weighted by molar-refractivity contribution is 9.10. The maximum atomic E-state index is 11.1. The minimum atomic E-state index is -4.18. The summed E-state index contributed by atoms with van der Waals surface area (Å²) < 4.78 is 98.4. The molecule has 0 saturated carbocycles. The number of hydrogen-bond donors (Lipinski definition) is 4. The number of Topliss-reactive ketones (excluding diaryl/α,β-unsaturated/α-hetero) is 4. The third kappa shape index (κ3) is 17.5. The van der Waals surface area contributed by atoms with E-state index in [1.165, 1.54) is 97.1 Å². The van der Waals surface area contributed by atoms with Crippen LogP contribution in [0.3, 0.4) is 0 Å². The van der Waals surface area contributed by atoms with E-state index in [0.29, 0.717) is 32.0 Å². The second-order valence-electron chi connectivity index (χ2n) is 9.77. The molecule has 54 heavy (non-hydrogen) atoms. The molecule has 0 aromatic heterocycles. The van der Waals surface area contributed by atoms with Crippen LogP contribution < -0.4 is 0 Å². The first-order valence-electron chi connectivity index (χ1n) is 14.1. The lowest BCUT2D eigenvalue weighted by molar-refractivity contribution is 0.101. The molecule has 0 radical (unpaired) electrons. The summed E-state index contributed by atoms with van der Waals surface area (Å²) in [6.45, 7) is 0. The van der Waals surface area contributed by atoms with Gasteiger partial charge in [-0.2, -0.15) is 16.8 Å². The maximum Gasteiger partial charge on any atom is 0.294 e. The van der Waals surface area contributed by atoms with Crippen molar-refractivity contribution in [3.8, 4) is 0 Å². The van der Waals surface area contributed by atoms with Crippen LogP contribution in [0, 0.1) is 0 Å². The molecule has 292 valence electrons. The first-order chi connectivity index (χ1) is 25.2. The van der Waals surface area contributed by atoms with Gasteiger partial charge >= 0.3 is 0 Å². The summed E-state index contributed by atoms with van der Waals surface area (Å²) in [5.74, 6) is -0.385. The number of alkyl halides is 4. The molecule has 0 saturated heterocycles. The Hall–Kier alpha value is -2.48. The number of ketones is 4. The zero-order chi connectivity index (χ0) is 41.2. The van der Waals surface area contributed by atoms with Gasteiger partial charge in [-0.3, -0.25) is 28.3 Å². The Labute approximate surface area is 349 Å². The topological polar surface area (TPSA) is 252 Å². The second-order valence-corrected chi connectivity index (χ2v) is 16.8. The Bertz CT molecular complexity index is 2010. The van der Waals surface area contributed by atoms with Gasteiger partial charge in [0.15, 0.2) is 45.3 Å². The lowest BCUT2D eigenvalue weighted by Crippen LogP contribution is -2.02. The van der Waals surface area contributed by atoms with Crippen LogP contribution in [-0.4, -0.2) is 87.9 Å². The number of halogens is 4. The fraction of sp³-hybridized carbons (Fsp3) is 0.125. The van der Waals surface area contributed by atoms with Crippen molar-refractivity contribution in [1.29, 1.82) is 0 Å². The lowest BCUT2D eigenvalue weighted by Gasteiger charge is -1.98. The molecule has 0 amide bonds. The molecule has 0 aliphatic rings. The number of carbonyl (C=O) groups excluding carboxylic acids is 4. The van der Waals surface area contributed by atoms with Gasteiger partial charge in [-0.05, 0) is 72.8 Å². The standard InChI is InChI=1S/2C8H7BrO4S.2C8H7BrO3S/c2*9-5-8(10)6-1-3-7(4-2-6)14(11,12)13;2*9-5-8(10)6-1-3-7(4-2-6)13(11)12/h2*1-4H,5H2,(H,11,12,13);2*1-4H,5H2,(H,11,12)/i1+1,2+1,3+1,4+1,6+1,7+1;;1+1,2+1,3+1,4+1,6+1,7+1;. The Morgan fingerprint density at radius 3 is 0.759 bits per heavy atom. The predicted octanol–water partition coefficient (Wildman–Crippen LogP) is 6.71. The van der Waals surface area contributed by atoms with Crippen LogP contribution in [0.5, 0.6) is 0 Å². The first-order valence-corrected chi connectivity index (χ1v) is 23.7. The van der Waals surface area contributed by atoms with Gasteiger partial charge in [-0.1, -0.05) is 88.0 Å². The fourth-order valence-electron chi connectivity index (χ4n) is 3.45. The van der Waals surface area contributed by atoms with Crippen LogP contribution in [-0.2, 0) is 42.4 Å². The summed E-state index contributed by atoms with van der Waals surface area (Å²) in [7, 11) is -8.35. The van der Waals surface area contributed by atoms with Crippen molar-refractivity contribution in [2.75, 3.05) is 21.3 Å². The van der Waals surface area contributed by atoms with E-state index in [1.807, 2.05) is 0 Å². The molecule has 14 nitrogen and oxygen atoms in total. The van der Waals surface area contributed by atoms with E-state index in [1.54, 1.807) is 0 Å². The van der Waals surface area contributed by atoms with E-state index in [4.69, 9.17) is 18.2 Å². The summed E-state index contributed by atoms with van der Waals surface area (Å²) >= 11 is 8.11. The van der Waals surface area contributed by atoms with E-state index in [9.17, 15) is 44.4 Å². The third-order valence-electron chi connectivity index (χ3n) is 6.19. The van der Waals surface area contributed by atoms with Crippen LogP contribution in [0.4, 0.5) is 0 Å². The monoisotopic (exact) mass is 1090 g/mol. The minimum absolute atomic E-state index is 0.0460. The molecule has 0 fully saturated rings. The zero-order valence-corrected chi connectivity index (χ0v) is 36.7. The van der Waals surface area contributed by atoms with E-state index >= 15 is 0 Å². The van der Waals surface area contributed by atoms with Gasteiger partial charge in [0.1, 0.15) is 0 Å². The van der Waals surface area contributed by atoms with Gasteiger partial charge < -0.3 is 9.11 Å². The molecule has 2 atom stereocenters. The highest BCUT2D eigenvalue weighted by Gasteiger charge is 2.12. The smallest absolute Gasteiger partial charge is 0.294 e. The molecule has 2 unspecified atom stereocenters. The summed E-state index contributed by atoms with van der Waals surface area (Å²) in [6.07, 6.45) is 0. The summed E-state index contributed by atoms with van der Waals surface area (Å²) in [6, 6.07) is 22.2. The molecule has 4 aromatic rings. The second kappa shape index (κ2) is 24.2. The number of benzene rings is 4. The predicted molar refractivity (Wildman–Crippen MR) is 216 cm³/mol. The number of carbonyl (C=O) groups is 4. The molecule has 4 aromatic carbocycles. The highest BCUT2D eigenvalue weighted by Crippen LogP contribution is 2.13. The Kier molecular flexibility index (Phi) is 22.2. The van der Waals surface area contributed by atoms with Gasteiger partial charge in [0, 0.05) is 22.3 Å². The molecule has 22 heteroatoms. The average Bonchev–Trinajstić information content (AvgIpc) is 3.16. The summed E-state index contributed by atoms with van der Waals surface area (Å²) in [5, 5.41) is 0.875. The summed E-state index contributed by atoms with van der Waals surface area (Å²) in [5.41, 5.74) is 1.86. The van der Waals surface area contributed by atoms with Crippen molar-refractivity contribution in [1.82, 2.24) is 0 Å². The lowest BCUT2D eigenvalue weighted by atomic mass is 10.2. The zero-order valence-electron chi connectivity index (χ0n) is 27.1. The Morgan fingerprint density at radius 2 is 0.611 bits per heavy atom.